The van der Waals surface area contributed by atoms with Crippen LogP contribution in [0, 0.1) is 0 Å². The molecule has 1 aromatic rings. The molecule has 0 amide bonds. The van der Waals surface area contributed by atoms with Gasteiger partial charge in [0.1, 0.15) is 0 Å². The van der Waals surface area contributed by atoms with Crippen molar-refractivity contribution in [1.29, 1.82) is 0 Å². The van der Waals surface area contributed by atoms with Gasteiger partial charge in [-0.05, 0) is 18.4 Å². The van der Waals surface area contributed by atoms with Crippen molar-refractivity contribution in [3.05, 3.63) is 48.0 Å². The lowest BCUT2D eigenvalue weighted by atomic mass is 9.82. The fourth-order valence-electron chi connectivity index (χ4n) is 1.87. The molecule has 0 fully saturated rings. The van der Waals surface area contributed by atoms with E-state index in [-0.39, 0.29) is 0 Å². The van der Waals surface area contributed by atoms with Crippen molar-refractivity contribution in [1.82, 2.24) is 0 Å². The Kier molecular flexibility index (Phi) is 1.76. The second kappa shape index (κ2) is 2.78. The Balaban J connectivity index is 2.36. The topological polar surface area (TPSA) is 0 Å². The van der Waals surface area contributed by atoms with E-state index in [2.05, 4.69) is 49.4 Å². The molecule has 1 aromatic carbocycles. The van der Waals surface area contributed by atoms with Gasteiger partial charge < -0.3 is 0 Å². The van der Waals surface area contributed by atoms with Crippen molar-refractivity contribution in [3.8, 4) is 0 Å². The first-order valence-electron chi connectivity index (χ1n) is 4.54. The predicted octanol–water partition coefficient (Wildman–Crippen LogP) is 3.29. The van der Waals surface area contributed by atoms with E-state index in [1.165, 1.54) is 18.4 Å². The summed E-state index contributed by atoms with van der Waals surface area (Å²) in [5, 5.41) is 0. The first-order valence-corrected chi connectivity index (χ1v) is 4.54. The molecule has 0 saturated carbocycles. The minimum Gasteiger partial charge on any atom is -0.0876 e. The number of rotatable bonds is 1. The molecule has 1 aliphatic rings. The molecule has 0 heterocycles. The van der Waals surface area contributed by atoms with Gasteiger partial charge >= 0.3 is 0 Å². The van der Waals surface area contributed by atoms with Gasteiger partial charge in [-0.3, -0.25) is 0 Å². The molecular weight excluding hydrogens is 144 g/mol. The molecule has 1 unspecified atom stereocenters. The van der Waals surface area contributed by atoms with E-state index < -0.39 is 0 Å². The average Bonchev–Trinajstić information content (AvgIpc) is 2.55. The number of hydrogen-bond donors (Lipinski definition) is 0. The average molecular weight is 158 g/mol. The zero-order chi connectivity index (χ0) is 8.44. The first kappa shape index (κ1) is 7.60. The Labute approximate surface area is 73.9 Å². The van der Waals surface area contributed by atoms with Crippen molar-refractivity contribution in [2.75, 3.05) is 0 Å². The zero-order valence-electron chi connectivity index (χ0n) is 7.46. The molecule has 0 aliphatic heterocycles. The minimum absolute atomic E-state index is 0.307. The van der Waals surface area contributed by atoms with Gasteiger partial charge in [-0.2, -0.15) is 0 Å². The molecule has 0 spiro atoms. The number of benzene rings is 1. The summed E-state index contributed by atoms with van der Waals surface area (Å²) in [6, 6.07) is 10.7. The molecule has 0 radical (unpaired) electrons. The smallest absolute Gasteiger partial charge is 0.0106 e. The molecule has 0 saturated heterocycles. The highest BCUT2D eigenvalue weighted by molar-refractivity contribution is 5.32. The fraction of sp³-hybridized carbons (Fsp3) is 0.333. The van der Waals surface area contributed by atoms with Gasteiger partial charge in [-0.1, -0.05) is 49.4 Å². The van der Waals surface area contributed by atoms with E-state index in [0.717, 1.165) is 0 Å². The van der Waals surface area contributed by atoms with E-state index in [4.69, 9.17) is 0 Å². The Morgan fingerprint density at radius 2 is 1.92 bits per heavy atom. The maximum absolute atomic E-state index is 2.34. The minimum atomic E-state index is 0.307. The number of allylic oxidation sites excluding steroid dienone is 2. The van der Waals surface area contributed by atoms with Crippen molar-refractivity contribution >= 4 is 0 Å². The third-order valence-electron chi connectivity index (χ3n) is 2.75. The SMILES string of the molecule is CC1(c2ccccc2)C=CCC1. The summed E-state index contributed by atoms with van der Waals surface area (Å²) in [7, 11) is 0. The maximum atomic E-state index is 2.34. The highest BCUT2D eigenvalue weighted by atomic mass is 14.3. The van der Waals surface area contributed by atoms with Gasteiger partial charge in [-0.15, -0.1) is 0 Å². The van der Waals surface area contributed by atoms with E-state index >= 15 is 0 Å². The molecule has 0 heteroatoms. The third-order valence-corrected chi connectivity index (χ3v) is 2.75. The second-order valence-electron chi connectivity index (χ2n) is 3.72. The quantitative estimate of drug-likeness (QED) is 0.550. The van der Waals surface area contributed by atoms with Crippen LogP contribution in [0.2, 0.25) is 0 Å². The standard InChI is InChI=1S/C12H14/c1-12(9-5-6-10-12)11-7-3-2-4-8-11/h2-5,7-9H,6,10H2,1H3. The van der Waals surface area contributed by atoms with Crippen LogP contribution in [0.15, 0.2) is 42.5 Å². The van der Waals surface area contributed by atoms with Crippen LogP contribution in [0.4, 0.5) is 0 Å². The lowest BCUT2D eigenvalue weighted by Gasteiger charge is -2.21. The Hall–Kier alpha value is -1.04. The predicted molar refractivity (Wildman–Crippen MR) is 52.2 cm³/mol. The van der Waals surface area contributed by atoms with E-state index in [0.29, 0.717) is 5.41 Å². The molecule has 1 aliphatic carbocycles. The maximum Gasteiger partial charge on any atom is 0.0106 e. The largest absolute Gasteiger partial charge is 0.0876 e. The summed E-state index contributed by atoms with van der Waals surface area (Å²) in [5.74, 6) is 0. The van der Waals surface area contributed by atoms with Crippen LogP contribution >= 0.6 is 0 Å². The molecule has 0 nitrogen and oxygen atoms in total. The van der Waals surface area contributed by atoms with Crippen LogP contribution in [0.25, 0.3) is 0 Å². The summed E-state index contributed by atoms with van der Waals surface area (Å²) in [4.78, 5) is 0. The third kappa shape index (κ3) is 1.18. The number of hydrogen-bond acceptors (Lipinski definition) is 0. The van der Waals surface area contributed by atoms with Crippen molar-refractivity contribution < 1.29 is 0 Å². The molecule has 0 aromatic heterocycles. The van der Waals surface area contributed by atoms with Gasteiger partial charge in [0.2, 0.25) is 0 Å². The van der Waals surface area contributed by atoms with Crippen LogP contribution in [0.3, 0.4) is 0 Å². The molecule has 12 heavy (non-hydrogen) atoms. The van der Waals surface area contributed by atoms with E-state index in [1.807, 2.05) is 0 Å². The molecule has 0 bridgehead atoms. The van der Waals surface area contributed by atoms with Crippen molar-refractivity contribution in [2.24, 2.45) is 0 Å². The highest BCUT2D eigenvalue weighted by Gasteiger charge is 2.25. The van der Waals surface area contributed by atoms with Gasteiger partial charge in [0, 0.05) is 5.41 Å². The van der Waals surface area contributed by atoms with Crippen LogP contribution in [0.1, 0.15) is 25.3 Å². The highest BCUT2D eigenvalue weighted by Crippen LogP contribution is 2.34. The van der Waals surface area contributed by atoms with Crippen molar-refractivity contribution in [2.45, 2.75) is 25.2 Å². The Bertz CT molecular complexity index is 284. The fourth-order valence-corrected chi connectivity index (χ4v) is 1.87. The van der Waals surface area contributed by atoms with Crippen LogP contribution < -0.4 is 0 Å². The van der Waals surface area contributed by atoms with Crippen LogP contribution in [-0.2, 0) is 5.41 Å². The normalized spacial score (nSPS) is 27.8. The Morgan fingerprint density at radius 3 is 2.50 bits per heavy atom. The summed E-state index contributed by atoms with van der Waals surface area (Å²) < 4.78 is 0. The summed E-state index contributed by atoms with van der Waals surface area (Å²) in [5.41, 5.74) is 1.75. The monoisotopic (exact) mass is 158 g/mol. The summed E-state index contributed by atoms with van der Waals surface area (Å²) in [6.07, 6.45) is 7.11. The summed E-state index contributed by atoms with van der Waals surface area (Å²) in [6.45, 7) is 2.31. The van der Waals surface area contributed by atoms with Crippen LogP contribution in [0.5, 0.6) is 0 Å². The van der Waals surface area contributed by atoms with E-state index in [1.54, 1.807) is 0 Å². The lowest BCUT2D eigenvalue weighted by molar-refractivity contribution is 0.579. The molecular formula is C12H14. The van der Waals surface area contributed by atoms with Gasteiger partial charge in [0.25, 0.3) is 0 Å². The van der Waals surface area contributed by atoms with Crippen LogP contribution in [-0.4, -0.2) is 0 Å². The molecule has 62 valence electrons. The van der Waals surface area contributed by atoms with Gasteiger partial charge in [0.15, 0.2) is 0 Å². The Morgan fingerprint density at radius 1 is 1.17 bits per heavy atom. The van der Waals surface area contributed by atoms with Gasteiger partial charge in [-0.25, -0.2) is 0 Å². The zero-order valence-corrected chi connectivity index (χ0v) is 7.46. The molecule has 1 atom stereocenters. The second-order valence-corrected chi connectivity index (χ2v) is 3.72. The summed E-state index contributed by atoms with van der Waals surface area (Å²) >= 11 is 0. The lowest BCUT2D eigenvalue weighted by Crippen LogP contribution is -2.14. The van der Waals surface area contributed by atoms with Gasteiger partial charge in [0.05, 0.1) is 0 Å². The first-order chi connectivity index (χ1) is 5.81. The van der Waals surface area contributed by atoms with E-state index in [9.17, 15) is 0 Å². The molecule has 0 N–H and O–H groups in total. The molecule has 2 rings (SSSR count). The van der Waals surface area contributed by atoms with Crippen molar-refractivity contribution in [3.63, 3.8) is 0 Å².